The summed E-state index contributed by atoms with van der Waals surface area (Å²) in [5.41, 5.74) is 0.993. The quantitative estimate of drug-likeness (QED) is 0.742. The van der Waals surface area contributed by atoms with Crippen LogP contribution in [0.3, 0.4) is 0 Å². The second-order valence-corrected chi connectivity index (χ2v) is 3.70. The lowest BCUT2D eigenvalue weighted by molar-refractivity contribution is -0.0549. The minimum Gasteiger partial charge on any atom is -0.371 e. The molecule has 14 heavy (non-hydrogen) atoms. The van der Waals surface area contributed by atoms with E-state index in [4.69, 9.17) is 28.0 Å². The minimum absolute atomic E-state index is 0.160. The van der Waals surface area contributed by atoms with Crippen LogP contribution in [0, 0.1) is 0 Å². The first kappa shape index (κ1) is 9.77. The Morgan fingerprint density at radius 3 is 2.43 bits per heavy atom. The van der Waals surface area contributed by atoms with Crippen LogP contribution in [0.4, 0.5) is 0 Å². The highest BCUT2D eigenvalue weighted by molar-refractivity contribution is 6.63. The molecule has 0 N–H and O–H groups in total. The monoisotopic (exact) mass is 230 g/mol. The third-order valence-corrected chi connectivity index (χ3v) is 2.37. The first-order chi connectivity index (χ1) is 6.66. The van der Waals surface area contributed by atoms with E-state index in [1.165, 1.54) is 0 Å². The van der Waals surface area contributed by atoms with Crippen LogP contribution in [0.25, 0.3) is 0 Å². The standard InChI is InChI=1S/C9H8Cl2N2O/c1-13-8(12-9(11)14-13)6-2-4-7(10)5-3-6/h2-5,8H,1H3. The Morgan fingerprint density at radius 1 is 1.29 bits per heavy atom. The number of halogens is 2. The summed E-state index contributed by atoms with van der Waals surface area (Å²) >= 11 is 11.4. The molecule has 0 bridgehead atoms. The van der Waals surface area contributed by atoms with Gasteiger partial charge in [-0.25, -0.2) is 4.99 Å². The van der Waals surface area contributed by atoms with Crippen LogP contribution in [-0.4, -0.2) is 17.5 Å². The third-order valence-electron chi connectivity index (χ3n) is 1.96. The highest BCUT2D eigenvalue weighted by Gasteiger charge is 2.25. The zero-order chi connectivity index (χ0) is 10.1. The Hall–Kier alpha value is -0.770. The Morgan fingerprint density at radius 2 is 1.93 bits per heavy atom. The average molecular weight is 231 g/mol. The van der Waals surface area contributed by atoms with Gasteiger partial charge in [-0.3, -0.25) is 0 Å². The van der Waals surface area contributed by atoms with Crippen LogP contribution in [0.1, 0.15) is 11.7 Å². The smallest absolute Gasteiger partial charge is 0.305 e. The summed E-state index contributed by atoms with van der Waals surface area (Å²) in [7, 11) is 1.78. The number of hydroxylamine groups is 2. The average Bonchev–Trinajstić information content (AvgIpc) is 2.47. The molecule has 1 unspecified atom stereocenters. The van der Waals surface area contributed by atoms with Crippen molar-refractivity contribution in [1.29, 1.82) is 0 Å². The number of hydrogen-bond donors (Lipinski definition) is 0. The fourth-order valence-electron chi connectivity index (χ4n) is 1.29. The van der Waals surface area contributed by atoms with E-state index in [-0.39, 0.29) is 11.5 Å². The minimum atomic E-state index is -0.181. The largest absolute Gasteiger partial charge is 0.371 e. The molecule has 0 aliphatic carbocycles. The van der Waals surface area contributed by atoms with E-state index in [1.54, 1.807) is 12.1 Å². The van der Waals surface area contributed by atoms with Crippen LogP contribution in [0.2, 0.25) is 5.02 Å². The zero-order valence-corrected chi connectivity index (χ0v) is 8.96. The molecule has 1 atom stereocenters. The van der Waals surface area contributed by atoms with Crippen LogP contribution in [0.5, 0.6) is 0 Å². The summed E-state index contributed by atoms with van der Waals surface area (Å²) in [6.45, 7) is 0. The van der Waals surface area contributed by atoms with Gasteiger partial charge in [-0.15, -0.1) is 5.06 Å². The van der Waals surface area contributed by atoms with Crippen molar-refractivity contribution in [1.82, 2.24) is 5.06 Å². The maximum atomic E-state index is 5.78. The van der Waals surface area contributed by atoms with Gasteiger partial charge in [0.05, 0.1) is 0 Å². The van der Waals surface area contributed by atoms with E-state index in [0.29, 0.717) is 5.02 Å². The fourth-order valence-corrected chi connectivity index (χ4v) is 1.62. The molecule has 1 aliphatic heterocycles. The molecule has 5 heteroatoms. The molecule has 0 saturated heterocycles. The van der Waals surface area contributed by atoms with Gasteiger partial charge < -0.3 is 4.84 Å². The Bertz CT molecular complexity index is 364. The Balaban J connectivity index is 2.27. The van der Waals surface area contributed by atoms with Crippen LogP contribution in [0.15, 0.2) is 29.3 Å². The first-order valence-electron chi connectivity index (χ1n) is 4.06. The summed E-state index contributed by atoms with van der Waals surface area (Å²) in [6.07, 6.45) is -0.181. The van der Waals surface area contributed by atoms with Crippen LogP contribution in [-0.2, 0) is 4.84 Å². The zero-order valence-electron chi connectivity index (χ0n) is 7.45. The number of benzene rings is 1. The second kappa shape index (κ2) is 3.77. The molecule has 1 aliphatic rings. The highest BCUT2D eigenvalue weighted by atomic mass is 35.5. The lowest BCUT2D eigenvalue weighted by Crippen LogP contribution is -2.17. The molecule has 2 rings (SSSR count). The molecule has 1 heterocycles. The number of rotatable bonds is 1. The molecule has 0 amide bonds. The van der Waals surface area contributed by atoms with Crippen molar-refractivity contribution >= 4 is 28.6 Å². The van der Waals surface area contributed by atoms with Gasteiger partial charge in [0.1, 0.15) is 0 Å². The van der Waals surface area contributed by atoms with E-state index in [2.05, 4.69) is 4.99 Å². The van der Waals surface area contributed by atoms with Gasteiger partial charge in [-0.2, -0.15) is 0 Å². The van der Waals surface area contributed by atoms with E-state index in [0.717, 1.165) is 5.56 Å². The predicted molar refractivity (Wildman–Crippen MR) is 56.3 cm³/mol. The summed E-state index contributed by atoms with van der Waals surface area (Å²) in [5.74, 6) is 0. The molecule has 1 aromatic rings. The molecule has 0 aromatic heterocycles. The van der Waals surface area contributed by atoms with Gasteiger partial charge in [0, 0.05) is 12.1 Å². The maximum Gasteiger partial charge on any atom is 0.305 e. The number of nitrogens with zero attached hydrogens (tertiary/aromatic N) is 2. The molecular formula is C9H8Cl2N2O. The third kappa shape index (κ3) is 1.85. The van der Waals surface area contributed by atoms with E-state index >= 15 is 0 Å². The molecular weight excluding hydrogens is 223 g/mol. The van der Waals surface area contributed by atoms with Gasteiger partial charge in [-0.1, -0.05) is 23.7 Å². The second-order valence-electron chi connectivity index (χ2n) is 2.94. The van der Waals surface area contributed by atoms with E-state index < -0.39 is 0 Å². The van der Waals surface area contributed by atoms with Gasteiger partial charge in [0.15, 0.2) is 6.17 Å². The van der Waals surface area contributed by atoms with Crippen molar-refractivity contribution in [3.05, 3.63) is 34.9 Å². The van der Waals surface area contributed by atoms with Gasteiger partial charge in [-0.05, 0) is 29.3 Å². The highest BCUT2D eigenvalue weighted by Crippen LogP contribution is 2.27. The van der Waals surface area contributed by atoms with Gasteiger partial charge >= 0.3 is 5.36 Å². The molecule has 0 radical (unpaired) electrons. The van der Waals surface area contributed by atoms with Crippen molar-refractivity contribution in [2.75, 3.05) is 7.05 Å². The van der Waals surface area contributed by atoms with Crippen LogP contribution >= 0.6 is 23.2 Å². The van der Waals surface area contributed by atoms with Crippen molar-refractivity contribution in [2.24, 2.45) is 4.99 Å². The number of aliphatic imine (C=N–C) groups is 1. The lowest BCUT2D eigenvalue weighted by atomic mass is 10.2. The normalized spacial score (nSPS) is 21.9. The van der Waals surface area contributed by atoms with Crippen molar-refractivity contribution in [3.8, 4) is 0 Å². The molecule has 74 valence electrons. The van der Waals surface area contributed by atoms with Gasteiger partial charge in [0.2, 0.25) is 0 Å². The topological polar surface area (TPSA) is 24.8 Å². The summed E-state index contributed by atoms with van der Waals surface area (Å²) in [6, 6.07) is 7.41. The summed E-state index contributed by atoms with van der Waals surface area (Å²) in [5, 5.41) is 2.45. The fraction of sp³-hybridized carbons (Fsp3) is 0.222. The lowest BCUT2D eigenvalue weighted by Gasteiger charge is -2.15. The molecule has 0 fully saturated rings. The summed E-state index contributed by atoms with van der Waals surface area (Å²) < 4.78 is 0. The van der Waals surface area contributed by atoms with Gasteiger partial charge in [0.25, 0.3) is 0 Å². The molecule has 1 aromatic carbocycles. The van der Waals surface area contributed by atoms with Crippen molar-refractivity contribution in [3.63, 3.8) is 0 Å². The summed E-state index contributed by atoms with van der Waals surface area (Å²) in [4.78, 5) is 9.19. The predicted octanol–water partition coefficient (Wildman–Crippen LogP) is 2.81. The molecule has 0 saturated carbocycles. The SMILES string of the molecule is CN1OC(Cl)=NC1c1ccc(Cl)cc1. The Kier molecular flexibility index (Phi) is 2.63. The Labute approximate surface area is 91.8 Å². The van der Waals surface area contributed by atoms with Crippen molar-refractivity contribution < 1.29 is 4.84 Å². The molecule has 0 spiro atoms. The molecule has 3 nitrogen and oxygen atoms in total. The van der Waals surface area contributed by atoms with E-state index in [1.807, 2.05) is 24.3 Å². The van der Waals surface area contributed by atoms with E-state index in [9.17, 15) is 0 Å². The van der Waals surface area contributed by atoms with Crippen molar-refractivity contribution in [2.45, 2.75) is 6.17 Å². The van der Waals surface area contributed by atoms with Crippen LogP contribution < -0.4 is 0 Å². The first-order valence-corrected chi connectivity index (χ1v) is 4.82. The maximum absolute atomic E-state index is 5.78. The number of hydrogen-bond acceptors (Lipinski definition) is 3.